The van der Waals surface area contributed by atoms with Crippen LogP contribution in [-0.2, 0) is 4.74 Å². The van der Waals surface area contributed by atoms with Gasteiger partial charge in [0.2, 0.25) is 0 Å². The zero-order valence-corrected chi connectivity index (χ0v) is 10.8. The minimum atomic E-state index is -0.103. The molecule has 1 rings (SSSR count). The van der Waals surface area contributed by atoms with Crippen LogP contribution in [0.4, 0.5) is 0 Å². The Kier molecular flexibility index (Phi) is 5.42. The standard InChI is InChI=1S/C11H18N2O2S/c1-8(2)15-6-4-5-12-11(14)10-7-16-9(3)13-10/h7-8H,4-6H2,1-3H3,(H,12,14). The van der Waals surface area contributed by atoms with Crippen molar-refractivity contribution in [1.29, 1.82) is 0 Å². The third kappa shape index (κ3) is 4.72. The van der Waals surface area contributed by atoms with Gasteiger partial charge in [-0.3, -0.25) is 4.79 Å². The second-order valence-electron chi connectivity index (χ2n) is 3.78. The van der Waals surface area contributed by atoms with Crippen molar-refractivity contribution in [1.82, 2.24) is 10.3 Å². The number of carbonyl (C=O) groups is 1. The zero-order valence-electron chi connectivity index (χ0n) is 9.95. The second-order valence-corrected chi connectivity index (χ2v) is 4.84. The number of nitrogens with one attached hydrogen (secondary N) is 1. The number of nitrogens with zero attached hydrogens (tertiary/aromatic N) is 1. The normalized spacial score (nSPS) is 10.8. The molecule has 0 atom stereocenters. The summed E-state index contributed by atoms with van der Waals surface area (Å²) in [6.07, 6.45) is 1.07. The van der Waals surface area contributed by atoms with Crippen LogP contribution < -0.4 is 5.32 Å². The number of thiazole rings is 1. The lowest BCUT2D eigenvalue weighted by molar-refractivity contribution is 0.0756. The number of aromatic nitrogens is 1. The Morgan fingerprint density at radius 1 is 1.62 bits per heavy atom. The van der Waals surface area contributed by atoms with Gasteiger partial charge in [0.15, 0.2) is 0 Å². The average Bonchev–Trinajstić information content (AvgIpc) is 2.63. The molecule has 0 unspecified atom stereocenters. The summed E-state index contributed by atoms with van der Waals surface area (Å²) in [6.45, 7) is 7.18. The van der Waals surface area contributed by atoms with Gasteiger partial charge in [-0.05, 0) is 27.2 Å². The van der Waals surface area contributed by atoms with Crippen LogP contribution in [0.2, 0.25) is 0 Å². The molecule has 0 aliphatic carbocycles. The van der Waals surface area contributed by atoms with Crippen molar-refractivity contribution in [2.24, 2.45) is 0 Å². The van der Waals surface area contributed by atoms with Crippen molar-refractivity contribution < 1.29 is 9.53 Å². The molecule has 0 saturated heterocycles. The van der Waals surface area contributed by atoms with Gasteiger partial charge in [-0.1, -0.05) is 0 Å². The van der Waals surface area contributed by atoms with E-state index in [-0.39, 0.29) is 12.0 Å². The molecule has 5 heteroatoms. The summed E-state index contributed by atoms with van der Waals surface area (Å²) in [6, 6.07) is 0. The molecule has 0 bridgehead atoms. The molecule has 0 aliphatic heterocycles. The van der Waals surface area contributed by atoms with E-state index in [4.69, 9.17) is 4.74 Å². The maximum Gasteiger partial charge on any atom is 0.270 e. The van der Waals surface area contributed by atoms with Crippen LogP contribution in [0.5, 0.6) is 0 Å². The zero-order chi connectivity index (χ0) is 12.0. The van der Waals surface area contributed by atoms with Gasteiger partial charge < -0.3 is 10.1 Å². The van der Waals surface area contributed by atoms with Crippen LogP contribution >= 0.6 is 11.3 Å². The highest BCUT2D eigenvalue weighted by molar-refractivity contribution is 7.09. The van der Waals surface area contributed by atoms with E-state index in [1.807, 2.05) is 20.8 Å². The summed E-state index contributed by atoms with van der Waals surface area (Å²) in [5.74, 6) is -0.103. The Morgan fingerprint density at radius 3 is 2.94 bits per heavy atom. The summed E-state index contributed by atoms with van der Waals surface area (Å²) in [4.78, 5) is 15.7. The van der Waals surface area contributed by atoms with Gasteiger partial charge in [0.1, 0.15) is 5.69 Å². The number of ether oxygens (including phenoxy) is 1. The fraction of sp³-hybridized carbons (Fsp3) is 0.636. The molecule has 0 aliphatic rings. The molecule has 4 nitrogen and oxygen atoms in total. The topological polar surface area (TPSA) is 51.2 Å². The van der Waals surface area contributed by atoms with Gasteiger partial charge in [-0.2, -0.15) is 0 Å². The number of carbonyl (C=O) groups excluding carboxylic acids is 1. The molecule has 0 saturated carbocycles. The van der Waals surface area contributed by atoms with Crippen molar-refractivity contribution in [3.63, 3.8) is 0 Å². The summed E-state index contributed by atoms with van der Waals surface area (Å²) in [5, 5.41) is 5.49. The first kappa shape index (κ1) is 13.1. The van der Waals surface area contributed by atoms with Crippen molar-refractivity contribution in [3.05, 3.63) is 16.1 Å². The van der Waals surface area contributed by atoms with E-state index in [1.54, 1.807) is 5.38 Å². The lowest BCUT2D eigenvalue weighted by Crippen LogP contribution is -2.25. The van der Waals surface area contributed by atoms with E-state index in [1.165, 1.54) is 11.3 Å². The number of hydrogen-bond donors (Lipinski definition) is 1. The Hall–Kier alpha value is -0.940. The van der Waals surface area contributed by atoms with Crippen molar-refractivity contribution in [3.8, 4) is 0 Å². The molecule has 90 valence electrons. The number of amides is 1. The monoisotopic (exact) mass is 242 g/mol. The van der Waals surface area contributed by atoms with Crippen LogP contribution in [0, 0.1) is 6.92 Å². The lowest BCUT2D eigenvalue weighted by atomic mass is 10.4. The van der Waals surface area contributed by atoms with Gasteiger partial charge >= 0.3 is 0 Å². The SMILES string of the molecule is Cc1nc(C(=O)NCCCOC(C)C)cs1. The van der Waals surface area contributed by atoms with E-state index in [0.717, 1.165) is 11.4 Å². The first-order valence-corrected chi connectivity index (χ1v) is 6.29. The van der Waals surface area contributed by atoms with Crippen LogP contribution in [0.3, 0.4) is 0 Å². The fourth-order valence-corrected chi connectivity index (χ4v) is 1.74. The summed E-state index contributed by atoms with van der Waals surface area (Å²) < 4.78 is 5.37. The predicted octanol–water partition coefficient (Wildman–Crippen LogP) is 2.00. The number of rotatable bonds is 6. The Labute approximate surface area is 100 Å². The van der Waals surface area contributed by atoms with Gasteiger partial charge in [0.25, 0.3) is 5.91 Å². The number of hydrogen-bond acceptors (Lipinski definition) is 4. The van der Waals surface area contributed by atoms with E-state index in [9.17, 15) is 4.79 Å². The summed E-state index contributed by atoms with van der Waals surface area (Å²) in [7, 11) is 0. The molecule has 1 N–H and O–H groups in total. The highest BCUT2D eigenvalue weighted by Crippen LogP contribution is 2.07. The third-order valence-electron chi connectivity index (χ3n) is 1.91. The maximum absolute atomic E-state index is 11.5. The molecule has 0 spiro atoms. The van der Waals surface area contributed by atoms with Crippen LogP contribution in [0.15, 0.2) is 5.38 Å². The highest BCUT2D eigenvalue weighted by Gasteiger charge is 2.07. The molecule has 16 heavy (non-hydrogen) atoms. The number of aryl methyl sites for hydroxylation is 1. The lowest BCUT2D eigenvalue weighted by Gasteiger charge is -2.07. The molecule has 0 fully saturated rings. The van der Waals surface area contributed by atoms with Gasteiger partial charge in [0, 0.05) is 18.5 Å². The fourth-order valence-electron chi connectivity index (χ4n) is 1.15. The second kappa shape index (κ2) is 6.60. The Balaban J connectivity index is 2.16. The first-order chi connectivity index (χ1) is 7.59. The van der Waals surface area contributed by atoms with Crippen LogP contribution in [-0.4, -0.2) is 30.1 Å². The van der Waals surface area contributed by atoms with E-state index >= 15 is 0 Å². The third-order valence-corrected chi connectivity index (χ3v) is 2.68. The van der Waals surface area contributed by atoms with E-state index < -0.39 is 0 Å². The Morgan fingerprint density at radius 2 is 2.38 bits per heavy atom. The van der Waals surface area contributed by atoms with Gasteiger partial charge in [-0.25, -0.2) is 4.98 Å². The molecule has 0 radical (unpaired) electrons. The maximum atomic E-state index is 11.5. The minimum Gasteiger partial charge on any atom is -0.379 e. The smallest absolute Gasteiger partial charge is 0.270 e. The first-order valence-electron chi connectivity index (χ1n) is 5.41. The quantitative estimate of drug-likeness (QED) is 0.776. The summed E-state index contributed by atoms with van der Waals surface area (Å²) >= 11 is 1.48. The van der Waals surface area contributed by atoms with E-state index in [0.29, 0.717) is 18.8 Å². The van der Waals surface area contributed by atoms with Crippen LogP contribution in [0.25, 0.3) is 0 Å². The Bertz CT molecular complexity index is 336. The molecule has 1 aromatic rings. The van der Waals surface area contributed by atoms with Crippen molar-refractivity contribution >= 4 is 17.2 Å². The predicted molar refractivity (Wildman–Crippen MR) is 64.9 cm³/mol. The molecule has 1 amide bonds. The van der Waals surface area contributed by atoms with E-state index in [2.05, 4.69) is 10.3 Å². The average molecular weight is 242 g/mol. The molecular weight excluding hydrogens is 224 g/mol. The molecular formula is C11H18N2O2S. The molecule has 1 heterocycles. The molecule has 0 aromatic carbocycles. The molecule has 1 aromatic heterocycles. The van der Waals surface area contributed by atoms with Crippen molar-refractivity contribution in [2.45, 2.75) is 33.3 Å². The summed E-state index contributed by atoms with van der Waals surface area (Å²) in [5.41, 5.74) is 0.507. The largest absolute Gasteiger partial charge is 0.379 e. The highest BCUT2D eigenvalue weighted by atomic mass is 32.1. The minimum absolute atomic E-state index is 0.103. The van der Waals surface area contributed by atoms with Crippen LogP contribution in [0.1, 0.15) is 35.8 Å². The van der Waals surface area contributed by atoms with Gasteiger partial charge in [0.05, 0.1) is 11.1 Å². The van der Waals surface area contributed by atoms with Crippen molar-refractivity contribution in [2.75, 3.05) is 13.2 Å². The van der Waals surface area contributed by atoms with Gasteiger partial charge in [-0.15, -0.1) is 11.3 Å².